The molecule has 2 aliphatic rings. The highest BCUT2D eigenvalue weighted by atomic mass is 35.5. The fourth-order valence-electron chi connectivity index (χ4n) is 4.58. The van der Waals surface area contributed by atoms with Crippen LogP contribution >= 0.6 is 11.6 Å². The number of rotatable bonds is 4. The van der Waals surface area contributed by atoms with Gasteiger partial charge in [-0.2, -0.15) is 0 Å². The second-order valence-electron chi connectivity index (χ2n) is 8.21. The standard InChI is InChI=1S/C24H27ClN2O3/c25-22-8-4-3-7-20(22)16-30-24(29)26-21-11-9-18(10-12-21)23(28)27-14-13-17-5-1-2-6-19(17)15-27/h3-4,7-12,17,19H,1-2,5-6,13-16H2,(H,26,29)/t17-,19+/m1/s1. The number of nitrogens with zero attached hydrogens (tertiary/aromatic N) is 1. The van der Waals surface area contributed by atoms with Crippen molar-refractivity contribution >= 4 is 29.3 Å². The molecule has 0 aromatic heterocycles. The molecule has 1 saturated heterocycles. The van der Waals surface area contributed by atoms with E-state index in [1.54, 1.807) is 30.3 Å². The molecule has 1 aliphatic carbocycles. The molecule has 0 spiro atoms. The predicted molar refractivity (Wildman–Crippen MR) is 118 cm³/mol. The van der Waals surface area contributed by atoms with E-state index in [0.29, 0.717) is 22.2 Å². The van der Waals surface area contributed by atoms with E-state index in [2.05, 4.69) is 5.32 Å². The summed E-state index contributed by atoms with van der Waals surface area (Å²) in [6, 6.07) is 14.2. The van der Waals surface area contributed by atoms with Crippen molar-refractivity contribution in [3.8, 4) is 0 Å². The number of piperidine rings is 1. The number of nitrogens with one attached hydrogen (secondary N) is 1. The molecule has 1 N–H and O–H groups in total. The van der Waals surface area contributed by atoms with E-state index in [1.165, 1.54) is 25.7 Å². The molecule has 0 bridgehead atoms. The number of carbonyl (C=O) groups is 2. The molecule has 2 amide bonds. The van der Waals surface area contributed by atoms with Gasteiger partial charge in [0.2, 0.25) is 0 Å². The number of amides is 2. The molecule has 158 valence electrons. The summed E-state index contributed by atoms with van der Waals surface area (Å²) >= 11 is 6.07. The van der Waals surface area contributed by atoms with Gasteiger partial charge in [-0.25, -0.2) is 4.79 Å². The fraction of sp³-hybridized carbons (Fsp3) is 0.417. The van der Waals surface area contributed by atoms with Crippen molar-refractivity contribution in [3.63, 3.8) is 0 Å². The van der Waals surface area contributed by atoms with Crippen molar-refractivity contribution in [2.45, 2.75) is 38.7 Å². The van der Waals surface area contributed by atoms with Crippen LogP contribution in [-0.2, 0) is 11.3 Å². The van der Waals surface area contributed by atoms with Crippen molar-refractivity contribution in [1.29, 1.82) is 0 Å². The van der Waals surface area contributed by atoms with E-state index in [4.69, 9.17) is 16.3 Å². The quantitative estimate of drug-likeness (QED) is 0.678. The molecule has 4 rings (SSSR count). The Morgan fingerprint density at radius 3 is 2.50 bits per heavy atom. The normalized spacial score (nSPS) is 20.9. The summed E-state index contributed by atoms with van der Waals surface area (Å²) in [6.45, 7) is 1.81. The molecule has 1 aliphatic heterocycles. The van der Waals surface area contributed by atoms with Gasteiger partial charge in [-0.15, -0.1) is 0 Å². The van der Waals surface area contributed by atoms with E-state index in [-0.39, 0.29) is 12.5 Å². The van der Waals surface area contributed by atoms with Crippen molar-refractivity contribution in [3.05, 3.63) is 64.7 Å². The largest absolute Gasteiger partial charge is 0.444 e. The Labute approximate surface area is 182 Å². The molecule has 0 unspecified atom stereocenters. The van der Waals surface area contributed by atoms with Crippen LogP contribution in [-0.4, -0.2) is 30.0 Å². The third-order valence-corrected chi connectivity index (χ3v) is 6.64. The third-order valence-electron chi connectivity index (χ3n) is 6.27. The van der Waals surface area contributed by atoms with Crippen molar-refractivity contribution < 1.29 is 14.3 Å². The maximum atomic E-state index is 12.9. The summed E-state index contributed by atoms with van der Waals surface area (Å²) in [6.07, 6.45) is 5.74. The summed E-state index contributed by atoms with van der Waals surface area (Å²) in [4.78, 5) is 26.9. The van der Waals surface area contributed by atoms with Gasteiger partial charge in [-0.1, -0.05) is 49.1 Å². The number of hydrogen-bond donors (Lipinski definition) is 1. The van der Waals surface area contributed by atoms with Gasteiger partial charge < -0.3 is 9.64 Å². The molecule has 5 nitrogen and oxygen atoms in total. The van der Waals surface area contributed by atoms with Crippen LogP contribution in [0.15, 0.2) is 48.5 Å². The van der Waals surface area contributed by atoms with Crippen LogP contribution in [0.2, 0.25) is 5.02 Å². The van der Waals surface area contributed by atoms with Gasteiger partial charge in [-0.3, -0.25) is 10.1 Å². The maximum Gasteiger partial charge on any atom is 0.411 e. The molecular formula is C24H27ClN2O3. The number of benzene rings is 2. The summed E-state index contributed by atoms with van der Waals surface area (Å²) in [5.74, 6) is 1.53. The van der Waals surface area contributed by atoms with Crippen LogP contribution in [0.4, 0.5) is 10.5 Å². The smallest absolute Gasteiger partial charge is 0.411 e. The summed E-state index contributed by atoms with van der Waals surface area (Å²) in [7, 11) is 0. The SMILES string of the molecule is O=C(Nc1ccc(C(=O)N2CC[C@H]3CCCC[C@H]3C2)cc1)OCc1ccccc1Cl. The van der Waals surface area contributed by atoms with Gasteiger partial charge in [0.25, 0.3) is 5.91 Å². The molecular weight excluding hydrogens is 400 g/mol. The number of halogens is 1. The zero-order valence-electron chi connectivity index (χ0n) is 17.0. The van der Waals surface area contributed by atoms with Crippen molar-refractivity contribution in [2.24, 2.45) is 11.8 Å². The highest BCUT2D eigenvalue weighted by Crippen LogP contribution is 2.36. The zero-order valence-corrected chi connectivity index (χ0v) is 17.7. The van der Waals surface area contributed by atoms with Crippen LogP contribution in [0.5, 0.6) is 0 Å². The average Bonchev–Trinajstić information content (AvgIpc) is 2.78. The lowest BCUT2D eigenvalue weighted by molar-refractivity contribution is 0.0521. The Kier molecular flexibility index (Phi) is 6.58. The first-order valence-corrected chi connectivity index (χ1v) is 11.0. The number of carbonyl (C=O) groups excluding carboxylic acids is 2. The average molecular weight is 427 g/mol. The number of anilines is 1. The van der Waals surface area contributed by atoms with Gasteiger partial charge in [0, 0.05) is 34.9 Å². The first-order valence-electron chi connectivity index (χ1n) is 10.7. The second kappa shape index (κ2) is 9.52. The summed E-state index contributed by atoms with van der Waals surface area (Å²) in [5.41, 5.74) is 1.98. The van der Waals surface area contributed by atoms with Gasteiger partial charge in [0.05, 0.1) is 0 Å². The minimum Gasteiger partial charge on any atom is -0.444 e. The molecule has 1 saturated carbocycles. The Morgan fingerprint density at radius 2 is 1.73 bits per heavy atom. The van der Waals surface area contributed by atoms with Crippen LogP contribution in [0.1, 0.15) is 48.0 Å². The monoisotopic (exact) mass is 426 g/mol. The number of hydrogen-bond acceptors (Lipinski definition) is 3. The lowest BCUT2D eigenvalue weighted by Gasteiger charge is -2.41. The zero-order chi connectivity index (χ0) is 20.9. The minimum atomic E-state index is -0.562. The van der Waals surface area contributed by atoms with Crippen LogP contribution in [0, 0.1) is 11.8 Å². The molecule has 2 aromatic carbocycles. The Hall–Kier alpha value is -2.53. The first kappa shape index (κ1) is 20.7. The summed E-state index contributed by atoms with van der Waals surface area (Å²) < 4.78 is 5.23. The minimum absolute atomic E-state index is 0.0758. The lowest BCUT2D eigenvalue weighted by atomic mass is 9.75. The Bertz CT molecular complexity index is 900. The molecule has 6 heteroatoms. The highest BCUT2D eigenvalue weighted by Gasteiger charge is 2.33. The lowest BCUT2D eigenvalue weighted by Crippen LogP contribution is -2.44. The first-order chi connectivity index (χ1) is 14.6. The number of fused-ring (bicyclic) bond motifs is 1. The molecule has 0 radical (unpaired) electrons. The molecule has 2 fully saturated rings. The van der Waals surface area contributed by atoms with Crippen LogP contribution in [0.3, 0.4) is 0 Å². The molecule has 1 heterocycles. The second-order valence-corrected chi connectivity index (χ2v) is 8.62. The van der Waals surface area contributed by atoms with Crippen molar-refractivity contribution in [1.82, 2.24) is 4.90 Å². The summed E-state index contributed by atoms with van der Waals surface area (Å²) in [5, 5.41) is 3.25. The van der Waals surface area contributed by atoms with Gasteiger partial charge >= 0.3 is 6.09 Å². The highest BCUT2D eigenvalue weighted by molar-refractivity contribution is 6.31. The topological polar surface area (TPSA) is 58.6 Å². The van der Waals surface area contributed by atoms with Crippen LogP contribution < -0.4 is 5.32 Å². The number of likely N-dealkylation sites (tertiary alicyclic amines) is 1. The van der Waals surface area contributed by atoms with E-state index < -0.39 is 6.09 Å². The van der Waals surface area contributed by atoms with E-state index in [9.17, 15) is 9.59 Å². The van der Waals surface area contributed by atoms with Gasteiger partial charge in [0.15, 0.2) is 0 Å². The number of ether oxygens (including phenoxy) is 1. The van der Waals surface area contributed by atoms with Crippen LogP contribution in [0.25, 0.3) is 0 Å². The van der Waals surface area contributed by atoms with Crippen molar-refractivity contribution in [2.75, 3.05) is 18.4 Å². The van der Waals surface area contributed by atoms with Gasteiger partial charge in [0.1, 0.15) is 6.61 Å². The Balaban J connectivity index is 1.29. The van der Waals surface area contributed by atoms with E-state index in [1.807, 2.05) is 23.1 Å². The predicted octanol–water partition coefficient (Wildman–Crippen LogP) is 5.74. The third kappa shape index (κ3) is 4.96. The Morgan fingerprint density at radius 1 is 1.00 bits per heavy atom. The molecule has 2 atom stereocenters. The van der Waals surface area contributed by atoms with Gasteiger partial charge in [-0.05, 0) is 55.0 Å². The van der Waals surface area contributed by atoms with E-state index >= 15 is 0 Å². The maximum absolute atomic E-state index is 12.9. The fourth-order valence-corrected chi connectivity index (χ4v) is 4.77. The molecule has 30 heavy (non-hydrogen) atoms. The molecule has 2 aromatic rings. The van der Waals surface area contributed by atoms with E-state index in [0.717, 1.165) is 31.0 Å².